The zero-order chi connectivity index (χ0) is 15.1. The molecule has 0 amide bonds. The third-order valence-corrected chi connectivity index (χ3v) is 3.55. The first-order valence-electron chi connectivity index (χ1n) is 6.52. The van der Waals surface area contributed by atoms with Gasteiger partial charge in [0.2, 0.25) is 0 Å². The molecule has 3 rings (SSSR count). The van der Waals surface area contributed by atoms with Gasteiger partial charge in [-0.05, 0) is 0 Å². The van der Waals surface area contributed by atoms with E-state index < -0.39 is 24.5 Å². The first-order chi connectivity index (χ1) is 10.0. The van der Waals surface area contributed by atoms with Crippen molar-refractivity contribution in [1.82, 2.24) is 19.7 Å². The van der Waals surface area contributed by atoms with Crippen molar-refractivity contribution in [3.63, 3.8) is 0 Å². The molecule has 2 aromatic heterocycles. The summed E-state index contributed by atoms with van der Waals surface area (Å²) in [6, 6.07) is 0. The summed E-state index contributed by atoms with van der Waals surface area (Å²) in [5, 5.41) is 33.9. The number of aliphatic hydroxyl groups excluding tert-OH is 3. The van der Waals surface area contributed by atoms with Gasteiger partial charge in [0.25, 0.3) is 0 Å². The molecule has 21 heavy (non-hydrogen) atoms. The number of hydrogen-bond donors (Lipinski definition) is 3. The molecule has 0 unspecified atom stereocenters. The van der Waals surface area contributed by atoms with Gasteiger partial charge >= 0.3 is 0 Å². The maximum atomic E-state index is 10.1. The van der Waals surface area contributed by atoms with Gasteiger partial charge in [-0.2, -0.15) is 5.10 Å². The van der Waals surface area contributed by atoms with E-state index in [2.05, 4.69) is 15.1 Å². The van der Waals surface area contributed by atoms with Crippen LogP contribution in [-0.2, 0) is 4.74 Å². The Morgan fingerprint density at radius 1 is 1.29 bits per heavy atom. The van der Waals surface area contributed by atoms with Crippen LogP contribution in [0.5, 0.6) is 0 Å². The minimum absolute atomic E-state index is 0.383. The van der Waals surface area contributed by atoms with Gasteiger partial charge in [0, 0.05) is 14.1 Å². The van der Waals surface area contributed by atoms with Gasteiger partial charge in [-0.25, -0.2) is 14.6 Å². The lowest BCUT2D eigenvalue weighted by atomic mass is 10.1. The molecule has 0 aliphatic carbocycles. The Hall–Kier alpha value is -1.81. The SMILES string of the molecule is CN(C)c1ncnc2c1cnn2[C@H]1O[C@@H](CO)[C@@H](O)[C@H]1O. The molecular formula is C12H17N5O4. The Morgan fingerprint density at radius 3 is 2.67 bits per heavy atom. The molecule has 1 fully saturated rings. The van der Waals surface area contributed by atoms with Gasteiger partial charge in [0.05, 0.1) is 18.2 Å². The lowest BCUT2D eigenvalue weighted by Crippen LogP contribution is -2.33. The first-order valence-corrected chi connectivity index (χ1v) is 6.52. The summed E-state index contributed by atoms with van der Waals surface area (Å²) >= 11 is 0. The molecule has 1 aliphatic rings. The highest BCUT2D eigenvalue weighted by Gasteiger charge is 2.44. The van der Waals surface area contributed by atoms with E-state index in [1.165, 1.54) is 11.0 Å². The molecule has 0 aromatic carbocycles. The van der Waals surface area contributed by atoms with Crippen molar-refractivity contribution in [3.8, 4) is 0 Å². The van der Waals surface area contributed by atoms with E-state index in [0.717, 1.165) is 0 Å². The molecule has 3 N–H and O–H groups in total. The second kappa shape index (κ2) is 5.19. The lowest BCUT2D eigenvalue weighted by molar-refractivity contribution is -0.0566. The molecule has 0 radical (unpaired) electrons. The molecule has 3 heterocycles. The Bertz CT molecular complexity index is 646. The number of fused-ring (bicyclic) bond motifs is 1. The second-order valence-electron chi connectivity index (χ2n) is 5.15. The summed E-state index contributed by atoms with van der Waals surface area (Å²) in [5.74, 6) is 0.693. The molecule has 0 bridgehead atoms. The van der Waals surface area contributed by atoms with Crippen molar-refractivity contribution in [1.29, 1.82) is 0 Å². The maximum Gasteiger partial charge on any atom is 0.181 e. The predicted molar refractivity (Wildman–Crippen MR) is 72.7 cm³/mol. The van der Waals surface area contributed by atoms with Gasteiger partial charge in [0.15, 0.2) is 11.9 Å². The fourth-order valence-electron chi connectivity index (χ4n) is 2.47. The Kier molecular flexibility index (Phi) is 3.49. The lowest BCUT2D eigenvalue weighted by Gasteiger charge is -2.16. The van der Waals surface area contributed by atoms with Gasteiger partial charge in [0.1, 0.15) is 30.5 Å². The molecule has 2 aromatic rings. The van der Waals surface area contributed by atoms with E-state index in [0.29, 0.717) is 16.9 Å². The molecule has 4 atom stereocenters. The number of aliphatic hydroxyl groups is 3. The van der Waals surface area contributed by atoms with Crippen LogP contribution < -0.4 is 4.90 Å². The molecule has 9 heteroatoms. The summed E-state index contributed by atoms with van der Waals surface area (Å²) in [4.78, 5) is 10.2. The van der Waals surface area contributed by atoms with Crippen LogP contribution in [0.1, 0.15) is 6.23 Å². The Balaban J connectivity index is 2.04. The highest BCUT2D eigenvalue weighted by atomic mass is 16.6. The number of ether oxygens (including phenoxy) is 1. The highest BCUT2D eigenvalue weighted by Crippen LogP contribution is 2.32. The van der Waals surface area contributed by atoms with Crippen LogP contribution in [0.15, 0.2) is 12.5 Å². The van der Waals surface area contributed by atoms with Crippen LogP contribution >= 0.6 is 0 Å². The first kappa shape index (κ1) is 14.1. The van der Waals surface area contributed by atoms with Crippen LogP contribution in [0.2, 0.25) is 0 Å². The molecule has 0 spiro atoms. The quantitative estimate of drug-likeness (QED) is 0.626. The van der Waals surface area contributed by atoms with Crippen molar-refractivity contribution in [3.05, 3.63) is 12.5 Å². The standard InChI is InChI=1S/C12H17N5O4/c1-16(2)10-6-3-15-17(11(6)14-5-13-10)12-9(20)8(19)7(4-18)21-12/h3,5,7-9,12,18-20H,4H2,1-2H3/t7-,8+,9+,12-/m0/s1. The van der Waals surface area contributed by atoms with Crippen LogP contribution in [0.25, 0.3) is 11.0 Å². The molecule has 0 saturated carbocycles. The zero-order valence-corrected chi connectivity index (χ0v) is 11.7. The molecule has 1 aliphatic heterocycles. The van der Waals surface area contributed by atoms with Crippen LogP contribution in [0, 0.1) is 0 Å². The van der Waals surface area contributed by atoms with Gasteiger partial charge in [-0.1, -0.05) is 0 Å². The largest absolute Gasteiger partial charge is 0.394 e. The monoisotopic (exact) mass is 295 g/mol. The van der Waals surface area contributed by atoms with E-state index >= 15 is 0 Å². The minimum atomic E-state index is -1.19. The summed E-state index contributed by atoms with van der Waals surface area (Å²) < 4.78 is 6.86. The second-order valence-corrected chi connectivity index (χ2v) is 5.15. The van der Waals surface area contributed by atoms with Crippen molar-refractivity contribution in [2.24, 2.45) is 0 Å². The zero-order valence-electron chi connectivity index (χ0n) is 11.7. The van der Waals surface area contributed by atoms with Crippen molar-refractivity contribution in [2.75, 3.05) is 25.6 Å². The van der Waals surface area contributed by atoms with E-state index in [4.69, 9.17) is 9.84 Å². The summed E-state index contributed by atoms with van der Waals surface area (Å²) in [7, 11) is 3.71. The smallest absolute Gasteiger partial charge is 0.181 e. The van der Waals surface area contributed by atoms with Gasteiger partial charge < -0.3 is 25.0 Å². The minimum Gasteiger partial charge on any atom is -0.394 e. The summed E-state index contributed by atoms with van der Waals surface area (Å²) in [5.41, 5.74) is 0.489. The number of rotatable bonds is 3. The van der Waals surface area contributed by atoms with E-state index in [-0.39, 0.29) is 6.61 Å². The fraction of sp³-hybridized carbons (Fsp3) is 0.583. The average Bonchev–Trinajstić information content (AvgIpc) is 3.01. The van der Waals surface area contributed by atoms with Crippen LogP contribution in [-0.4, -0.2) is 74.1 Å². The Morgan fingerprint density at radius 2 is 2.05 bits per heavy atom. The third kappa shape index (κ3) is 2.14. The van der Waals surface area contributed by atoms with Crippen molar-refractivity contribution in [2.45, 2.75) is 24.5 Å². The molecular weight excluding hydrogens is 278 g/mol. The van der Waals surface area contributed by atoms with Crippen molar-refractivity contribution >= 4 is 16.9 Å². The van der Waals surface area contributed by atoms with Gasteiger partial charge in [-0.15, -0.1) is 0 Å². The number of anilines is 1. The normalized spacial score (nSPS) is 29.2. The maximum absolute atomic E-state index is 10.1. The fourth-order valence-corrected chi connectivity index (χ4v) is 2.47. The summed E-state index contributed by atoms with van der Waals surface area (Å²) in [6.07, 6.45) is -1.13. The van der Waals surface area contributed by atoms with Crippen LogP contribution in [0.4, 0.5) is 5.82 Å². The Labute approximate surface area is 120 Å². The number of aromatic nitrogens is 4. The number of nitrogens with zero attached hydrogens (tertiary/aromatic N) is 5. The molecule has 9 nitrogen and oxygen atoms in total. The van der Waals surface area contributed by atoms with E-state index in [9.17, 15) is 10.2 Å². The number of hydrogen-bond acceptors (Lipinski definition) is 8. The summed E-state index contributed by atoms with van der Waals surface area (Å²) in [6.45, 7) is -0.383. The highest BCUT2D eigenvalue weighted by molar-refractivity contribution is 5.86. The predicted octanol–water partition coefficient (Wildman–Crippen LogP) is -1.50. The third-order valence-electron chi connectivity index (χ3n) is 3.55. The topological polar surface area (TPSA) is 117 Å². The van der Waals surface area contributed by atoms with Crippen molar-refractivity contribution < 1.29 is 20.1 Å². The van der Waals surface area contributed by atoms with Gasteiger partial charge in [-0.3, -0.25) is 0 Å². The molecule has 1 saturated heterocycles. The van der Waals surface area contributed by atoms with Crippen LogP contribution in [0.3, 0.4) is 0 Å². The van der Waals surface area contributed by atoms with E-state index in [1.807, 2.05) is 19.0 Å². The van der Waals surface area contributed by atoms with E-state index in [1.54, 1.807) is 6.20 Å². The average molecular weight is 295 g/mol. The molecule has 114 valence electrons.